The summed E-state index contributed by atoms with van der Waals surface area (Å²) in [6.07, 6.45) is 9.59. The molecule has 0 aromatic rings. The minimum absolute atomic E-state index is 0.0701. The number of nitrogens with one attached hydrogen (secondary N) is 3. The van der Waals surface area contributed by atoms with Crippen LogP contribution in [0.15, 0.2) is 0 Å². The van der Waals surface area contributed by atoms with E-state index in [2.05, 4.69) is 16.1 Å². The number of rotatable bonds is 6. The van der Waals surface area contributed by atoms with Crippen molar-refractivity contribution >= 4 is 5.91 Å². The van der Waals surface area contributed by atoms with Gasteiger partial charge < -0.3 is 15.2 Å². The molecule has 0 bridgehead atoms. The number of amides is 1. The summed E-state index contributed by atoms with van der Waals surface area (Å²) < 4.78 is 5.17. The van der Waals surface area contributed by atoms with Crippen LogP contribution in [0.25, 0.3) is 0 Å². The number of hydrogen-bond acceptors (Lipinski definition) is 6. The topological polar surface area (TPSA) is 91.9 Å². The molecular formula is C22H39N3O4. The molecule has 7 nitrogen and oxygen atoms in total. The molecule has 166 valence electrons. The van der Waals surface area contributed by atoms with Gasteiger partial charge in [-0.1, -0.05) is 6.42 Å². The Balaban J connectivity index is 1.26. The first-order valence-electron chi connectivity index (χ1n) is 11.7. The summed E-state index contributed by atoms with van der Waals surface area (Å²) in [5.74, 6) is 2.47. The second-order valence-electron chi connectivity index (χ2n) is 9.88. The largest absolute Gasteiger partial charge is 0.393 e. The lowest BCUT2D eigenvalue weighted by Gasteiger charge is -2.37. The van der Waals surface area contributed by atoms with E-state index in [1.807, 2.05) is 6.92 Å². The van der Waals surface area contributed by atoms with E-state index in [9.17, 15) is 9.90 Å². The lowest BCUT2D eigenvalue weighted by Crippen LogP contribution is -2.47. The Morgan fingerprint density at radius 1 is 1.17 bits per heavy atom. The zero-order valence-electron chi connectivity index (χ0n) is 17.9. The molecule has 0 aromatic carbocycles. The third-order valence-corrected chi connectivity index (χ3v) is 8.03. The van der Waals surface area contributed by atoms with Crippen molar-refractivity contribution in [3.05, 3.63) is 0 Å². The van der Waals surface area contributed by atoms with Crippen molar-refractivity contribution in [3.63, 3.8) is 0 Å². The molecule has 0 spiro atoms. The molecule has 3 saturated carbocycles. The average Bonchev–Trinajstić information content (AvgIpc) is 3.35. The maximum absolute atomic E-state index is 12.9. The lowest BCUT2D eigenvalue weighted by molar-refractivity contribution is -0.128. The Bertz CT molecular complexity index is 560. The predicted molar refractivity (Wildman–Crippen MR) is 109 cm³/mol. The van der Waals surface area contributed by atoms with Gasteiger partial charge in [-0.25, -0.2) is 0 Å². The van der Waals surface area contributed by atoms with E-state index in [-0.39, 0.29) is 36.2 Å². The third-order valence-electron chi connectivity index (χ3n) is 8.03. The summed E-state index contributed by atoms with van der Waals surface area (Å²) in [5, 5.41) is 16.8. The van der Waals surface area contributed by atoms with Gasteiger partial charge in [-0.2, -0.15) is 5.48 Å². The lowest BCUT2D eigenvalue weighted by atomic mass is 9.73. The Morgan fingerprint density at radius 3 is 2.79 bits per heavy atom. The molecule has 1 aliphatic heterocycles. The molecule has 4 N–H and O–H groups in total. The van der Waals surface area contributed by atoms with Crippen LogP contribution in [-0.2, 0) is 14.4 Å². The van der Waals surface area contributed by atoms with Gasteiger partial charge in [0, 0.05) is 19.1 Å². The monoisotopic (exact) mass is 409 g/mol. The average molecular weight is 410 g/mol. The zero-order valence-corrected chi connectivity index (χ0v) is 17.9. The quantitative estimate of drug-likeness (QED) is 0.536. The number of ether oxygens (including phenoxy) is 1. The minimum atomic E-state index is -0.304. The van der Waals surface area contributed by atoms with Crippen LogP contribution in [0.4, 0.5) is 0 Å². The maximum Gasteiger partial charge on any atom is 0.223 e. The fraction of sp³-hybridized carbons (Fsp3) is 0.955. The number of hydrogen-bond donors (Lipinski definition) is 4. The van der Waals surface area contributed by atoms with Crippen LogP contribution < -0.4 is 16.1 Å². The fourth-order valence-electron chi connectivity index (χ4n) is 6.37. The highest BCUT2D eigenvalue weighted by Crippen LogP contribution is 2.45. The second-order valence-corrected chi connectivity index (χ2v) is 9.88. The van der Waals surface area contributed by atoms with Gasteiger partial charge in [-0.3, -0.25) is 14.9 Å². The summed E-state index contributed by atoms with van der Waals surface area (Å²) in [6.45, 7) is 2.41. The van der Waals surface area contributed by atoms with Crippen molar-refractivity contribution in [1.29, 1.82) is 0 Å². The standard InChI is InChI=1S/C22H39N3O4/c1-13(26)14-4-3-5-17(10-14)22(27)23-19-9-7-15-11-16(6-8-18(15)19)21-24-20(12-28-2)29-25-21/h13-21,24-26H,3-12H2,1-2H3,(H,23,27)/t13?,14?,15?,16?,17?,18?,19-,20?,21?/m1/s1. The van der Waals surface area contributed by atoms with Gasteiger partial charge >= 0.3 is 0 Å². The maximum atomic E-state index is 12.9. The molecule has 0 radical (unpaired) electrons. The second kappa shape index (κ2) is 9.60. The van der Waals surface area contributed by atoms with Crippen LogP contribution in [0.1, 0.15) is 64.7 Å². The summed E-state index contributed by atoms with van der Waals surface area (Å²) in [5.41, 5.74) is 3.16. The highest BCUT2D eigenvalue weighted by molar-refractivity contribution is 5.79. The van der Waals surface area contributed by atoms with Gasteiger partial charge in [0.05, 0.1) is 18.9 Å². The van der Waals surface area contributed by atoms with Crippen molar-refractivity contribution in [2.75, 3.05) is 13.7 Å². The summed E-state index contributed by atoms with van der Waals surface area (Å²) in [4.78, 5) is 18.5. The number of carbonyl (C=O) groups is 1. The number of methoxy groups -OCH3 is 1. The zero-order chi connectivity index (χ0) is 20.4. The molecule has 1 amide bonds. The van der Waals surface area contributed by atoms with Crippen LogP contribution in [0.3, 0.4) is 0 Å². The first-order chi connectivity index (χ1) is 14.0. The van der Waals surface area contributed by atoms with E-state index in [0.29, 0.717) is 30.4 Å². The van der Waals surface area contributed by atoms with Crippen LogP contribution in [0, 0.1) is 29.6 Å². The van der Waals surface area contributed by atoms with Gasteiger partial charge in [0.25, 0.3) is 0 Å². The molecule has 3 aliphatic carbocycles. The van der Waals surface area contributed by atoms with Gasteiger partial charge in [0.1, 0.15) is 0 Å². The van der Waals surface area contributed by atoms with Crippen LogP contribution in [-0.4, -0.2) is 49.3 Å². The number of hydroxylamine groups is 1. The van der Waals surface area contributed by atoms with E-state index in [1.165, 1.54) is 19.3 Å². The van der Waals surface area contributed by atoms with Crippen molar-refractivity contribution in [3.8, 4) is 0 Å². The SMILES string of the molecule is COCC1NC(C2CCC3C(CC[C@H]3NC(=O)C3CCCC(C(C)O)C3)C2)NO1. The number of aliphatic hydroxyl groups is 1. The number of aliphatic hydroxyl groups excluding tert-OH is 1. The Kier molecular flexibility index (Phi) is 7.12. The van der Waals surface area contributed by atoms with Crippen molar-refractivity contribution < 1.29 is 19.5 Å². The van der Waals surface area contributed by atoms with Crippen LogP contribution in [0.2, 0.25) is 0 Å². The van der Waals surface area contributed by atoms with Gasteiger partial charge in [-0.05, 0) is 82.0 Å². The molecule has 1 heterocycles. The first-order valence-corrected chi connectivity index (χ1v) is 11.7. The molecule has 0 aromatic heterocycles. The van der Waals surface area contributed by atoms with Crippen LogP contribution >= 0.6 is 0 Å². The summed E-state index contributed by atoms with van der Waals surface area (Å²) >= 11 is 0. The fourth-order valence-corrected chi connectivity index (χ4v) is 6.37. The van der Waals surface area contributed by atoms with Crippen molar-refractivity contribution in [1.82, 2.24) is 16.1 Å². The molecule has 29 heavy (non-hydrogen) atoms. The van der Waals surface area contributed by atoms with Crippen molar-refractivity contribution in [2.24, 2.45) is 29.6 Å². The molecule has 7 heteroatoms. The molecule has 4 fully saturated rings. The van der Waals surface area contributed by atoms with E-state index < -0.39 is 0 Å². The van der Waals surface area contributed by atoms with E-state index in [4.69, 9.17) is 9.57 Å². The predicted octanol–water partition coefficient (Wildman–Crippen LogP) is 1.91. The Labute approximate surface area is 174 Å². The van der Waals surface area contributed by atoms with E-state index in [0.717, 1.165) is 38.5 Å². The van der Waals surface area contributed by atoms with E-state index >= 15 is 0 Å². The minimum Gasteiger partial charge on any atom is -0.393 e. The smallest absolute Gasteiger partial charge is 0.223 e. The number of fused-ring (bicyclic) bond motifs is 1. The molecule has 8 unspecified atom stereocenters. The Hall–Kier alpha value is -0.730. The highest BCUT2D eigenvalue weighted by Gasteiger charge is 2.44. The van der Waals surface area contributed by atoms with Crippen molar-refractivity contribution in [2.45, 2.75) is 89.3 Å². The van der Waals surface area contributed by atoms with Gasteiger partial charge in [0.15, 0.2) is 6.23 Å². The van der Waals surface area contributed by atoms with Gasteiger partial charge in [-0.15, -0.1) is 0 Å². The third kappa shape index (κ3) is 4.96. The summed E-state index contributed by atoms with van der Waals surface area (Å²) in [7, 11) is 1.69. The molecule has 4 aliphatic rings. The van der Waals surface area contributed by atoms with E-state index in [1.54, 1.807) is 7.11 Å². The molecule has 9 atom stereocenters. The number of carbonyl (C=O) groups excluding carboxylic acids is 1. The normalized spacial score (nSPS) is 43.7. The van der Waals surface area contributed by atoms with Gasteiger partial charge in [0.2, 0.25) is 5.91 Å². The first kappa shape index (κ1) is 21.5. The Morgan fingerprint density at radius 2 is 2.00 bits per heavy atom. The molecule has 1 saturated heterocycles. The van der Waals surface area contributed by atoms with Crippen LogP contribution in [0.5, 0.6) is 0 Å². The molecular weight excluding hydrogens is 370 g/mol. The highest BCUT2D eigenvalue weighted by atomic mass is 16.7. The molecule has 4 rings (SSSR count). The summed E-state index contributed by atoms with van der Waals surface area (Å²) in [6, 6.07) is 0.336.